The molecule has 1 atom stereocenters. The maximum atomic E-state index is 12.2. The van der Waals surface area contributed by atoms with Crippen molar-refractivity contribution in [1.29, 1.82) is 0 Å². The van der Waals surface area contributed by atoms with E-state index in [0.717, 1.165) is 5.56 Å². The number of methoxy groups -OCH3 is 1. The molecule has 1 amide bonds. The largest absolute Gasteiger partial charge is 0.497 e. The number of hydrogen-bond donors (Lipinski definition) is 2. The fourth-order valence-electron chi connectivity index (χ4n) is 2.31. The van der Waals surface area contributed by atoms with Crippen LogP contribution in [0.4, 0.5) is 5.69 Å². The van der Waals surface area contributed by atoms with Crippen molar-refractivity contribution >= 4 is 11.6 Å². The van der Waals surface area contributed by atoms with Gasteiger partial charge >= 0.3 is 0 Å². The SMILES string of the molecule is COc1ccc(NC(=O)c2ncn(C[C@@H](O)c3ccccc3)n2)cc1. The van der Waals surface area contributed by atoms with Gasteiger partial charge in [0, 0.05) is 5.69 Å². The minimum atomic E-state index is -0.722. The van der Waals surface area contributed by atoms with Crippen molar-refractivity contribution in [1.82, 2.24) is 14.8 Å². The van der Waals surface area contributed by atoms with Crippen molar-refractivity contribution in [2.45, 2.75) is 12.6 Å². The zero-order chi connectivity index (χ0) is 17.6. The lowest BCUT2D eigenvalue weighted by Gasteiger charge is -2.10. The molecule has 2 N–H and O–H groups in total. The zero-order valence-electron chi connectivity index (χ0n) is 13.7. The number of amides is 1. The number of aliphatic hydroxyl groups excluding tert-OH is 1. The highest BCUT2D eigenvalue weighted by Crippen LogP contribution is 2.16. The summed E-state index contributed by atoms with van der Waals surface area (Å²) in [7, 11) is 1.58. The van der Waals surface area contributed by atoms with Gasteiger partial charge in [0.15, 0.2) is 0 Å². The first-order chi connectivity index (χ1) is 12.2. The maximum Gasteiger partial charge on any atom is 0.295 e. The number of hydrogen-bond acceptors (Lipinski definition) is 5. The van der Waals surface area contributed by atoms with E-state index in [1.165, 1.54) is 11.0 Å². The molecule has 1 heterocycles. The number of carbonyl (C=O) groups is 1. The lowest BCUT2D eigenvalue weighted by atomic mass is 10.1. The minimum Gasteiger partial charge on any atom is -0.497 e. The Kier molecular flexibility index (Phi) is 5.06. The first-order valence-corrected chi connectivity index (χ1v) is 7.73. The number of rotatable bonds is 6. The molecule has 0 unspecified atom stereocenters. The Hall–Kier alpha value is -3.19. The Morgan fingerprint density at radius 2 is 1.92 bits per heavy atom. The topological polar surface area (TPSA) is 89.3 Å². The second-order valence-corrected chi connectivity index (χ2v) is 5.40. The molecule has 25 heavy (non-hydrogen) atoms. The van der Waals surface area contributed by atoms with Crippen LogP contribution in [-0.4, -0.2) is 32.9 Å². The van der Waals surface area contributed by atoms with Crippen LogP contribution in [0.25, 0.3) is 0 Å². The summed E-state index contributed by atoms with van der Waals surface area (Å²) in [4.78, 5) is 16.2. The summed E-state index contributed by atoms with van der Waals surface area (Å²) in [5, 5.41) is 17.0. The van der Waals surface area contributed by atoms with Crippen LogP contribution in [0.5, 0.6) is 5.75 Å². The van der Waals surface area contributed by atoms with Gasteiger partial charge in [-0.1, -0.05) is 30.3 Å². The van der Waals surface area contributed by atoms with Crippen LogP contribution in [0.1, 0.15) is 22.3 Å². The molecule has 128 valence electrons. The highest BCUT2D eigenvalue weighted by atomic mass is 16.5. The van der Waals surface area contributed by atoms with Crippen LogP contribution in [0.3, 0.4) is 0 Å². The third-order valence-electron chi connectivity index (χ3n) is 3.63. The van der Waals surface area contributed by atoms with E-state index in [9.17, 15) is 9.90 Å². The second kappa shape index (κ2) is 7.59. The molecule has 0 aliphatic heterocycles. The van der Waals surface area contributed by atoms with Gasteiger partial charge in [0.05, 0.1) is 19.8 Å². The van der Waals surface area contributed by atoms with Crippen molar-refractivity contribution in [3.8, 4) is 5.75 Å². The lowest BCUT2D eigenvalue weighted by Crippen LogP contribution is -2.15. The summed E-state index contributed by atoms with van der Waals surface area (Å²) in [6.07, 6.45) is 0.704. The Balaban J connectivity index is 1.63. The second-order valence-electron chi connectivity index (χ2n) is 5.40. The third-order valence-corrected chi connectivity index (χ3v) is 3.63. The number of nitrogens with zero attached hydrogens (tertiary/aromatic N) is 3. The fraction of sp³-hybridized carbons (Fsp3) is 0.167. The van der Waals surface area contributed by atoms with Gasteiger partial charge in [-0.05, 0) is 29.8 Å². The van der Waals surface area contributed by atoms with E-state index in [4.69, 9.17) is 4.74 Å². The minimum absolute atomic E-state index is 0.0380. The van der Waals surface area contributed by atoms with Crippen LogP contribution in [0.15, 0.2) is 60.9 Å². The molecule has 0 radical (unpaired) electrons. The van der Waals surface area contributed by atoms with Gasteiger partial charge in [0.25, 0.3) is 5.91 Å². The molecule has 0 bridgehead atoms. The summed E-state index contributed by atoms with van der Waals surface area (Å²) in [6, 6.07) is 16.2. The van der Waals surface area contributed by atoms with Gasteiger partial charge < -0.3 is 15.2 Å². The molecule has 7 heteroatoms. The summed E-state index contributed by atoms with van der Waals surface area (Å²) >= 11 is 0. The average molecular weight is 338 g/mol. The number of carbonyl (C=O) groups excluding carboxylic acids is 1. The normalized spacial score (nSPS) is 11.8. The molecule has 0 aliphatic rings. The summed E-state index contributed by atoms with van der Waals surface area (Å²) in [6.45, 7) is 0.215. The molecular weight excluding hydrogens is 320 g/mol. The van der Waals surface area contributed by atoms with Gasteiger partial charge in [-0.3, -0.25) is 4.79 Å². The van der Waals surface area contributed by atoms with Gasteiger partial charge in [-0.15, -0.1) is 5.10 Å². The first kappa shape index (κ1) is 16.7. The molecule has 0 spiro atoms. The average Bonchev–Trinajstić information content (AvgIpc) is 3.12. The number of aliphatic hydroxyl groups is 1. The number of ether oxygens (including phenoxy) is 1. The monoisotopic (exact) mass is 338 g/mol. The van der Waals surface area contributed by atoms with Crippen LogP contribution in [0, 0.1) is 0 Å². The Bertz CT molecular complexity index is 831. The van der Waals surface area contributed by atoms with Crippen LogP contribution in [0.2, 0.25) is 0 Å². The first-order valence-electron chi connectivity index (χ1n) is 7.73. The van der Waals surface area contributed by atoms with Crippen molar-refractivity contribution in [2.24, 2.45) is 0 Å². The summed E-state index contributed by atoms with van der Waals surface area (Å²) in [5.41, 5.74) is 1.40. The van der Waals surface area contributed by atoms with Crippen LogP contribution >= 0.6 is 0 Å². The molecule has 0 saturated carbocycles. The number of anilines is 1. The van der Waals surface area contributed by atoms with E-state index < -0.39 is 12.0 Å². The molecule has 1 aromatic heterocycles. The number of nitrogens with one attached hydrogen (secondary N) is 1. The molecule has 7 nitrogen and oxygen atoms in total. The third kappa shape index (κ3) is 4.21. The number of benzene rings is 2. The molecule has 0 fully saturated rings. The molecule has 0 saturated heterocycles. The van der Waals surface area contributed by atoms with Crippen molar-refractivity contribution in [3.05, 3.63) is 72.3 Å². The fourth-order valence-corrected chi connectivity index (χ4v) is 2.31. The number of aromatic nitrogens is 3. The Morgan fingerprint density at radius 3 is 2.60 bits per heavy atom. The van der Waals surface area contributed by atoms with E-state index in [2.05, 4.69) is 15.4 Å². The maximum absolute atomic E-state index is 12.2. The van der Waals surface area contributed by atoms with Crippen molar-refractivity contribution in [3.63, 3.8) is 0 Å². The zero-order valence-corrected chi connectivity index (χ0v) is 13.7. The standard InChI is InChI=1S/C18H18N4O3/c1-25-15-9-7-14(8-10-15)20-18(24)17-19-12-22(21-17)11-16(23)13-5-3-2-4-6-13/h2-10,12,16,23H,11H2,1H3,(H,20,24)/t16-/m1/s1. The molecule has 2 aromatic carbocycles. The lowest BCUT2D eigenvalue weighted by molar-refractivity contribution is 0.101. The molecule has 3 rings (SSSR count). The predicted octanol–water partition coefficient (Wildman–Crippen LogP) is 2.27. The summed E-state index contributed by atoms with van der Waals surface area (Å²) < 4.78 is 6.52. The molecule has 3 aromatic rings. The highest BCUT2D eigenvalue weighted by molar-refractivity contribution is 6.01. The van der Waals surface area contributed by atoms with Gasteiger partial charge in [0.1, 0.15) is 12.1 Å². The van der Waals surface area contributed by atoms with Crippen LogP contribution in [-0.2, 0) is 6.54 Å². The van der Waals surface area contributed by atoms with Crippen molar-refractivity contribution in [2.75, 3.05) is 12.4 Å². The van der Waals surface area contributed by atoms with Gasteiger partial charge in [-0.2, -0.15) is 0 Å². The summed E-state index contributed by atoms with van der Waals surface area (Å²) in [5.74, 6) is 0.324. The van der Waals surface area contributed by atoms with E-state index in [-0.39, 0.29) is 12.4 Å². The van der Waals surface area contributed by atoms with E-state index in [0.29, 0.717) is 11.4 Å². The van der Waals surface area contributed by atoms with E-state index in [1.807, 2.05) is 30.3 Å². The highest BCUT2D eigenvalue weighted by Gasteiger charge is 2.14. The van der Waals surface area contributed by atoms with Crippen LogP contribution < -0.4 is 10.1 Å². The Morgan fingerprint density at radius 1 is 1.20 bits per heavy atom. The van der Waals surface area contributed by atoms with Crippen molar-refractivity contribution < 1.29 is 14.6 Å². The molecule has 0 aliphatic carbocycles. The van der Waals surface area contributed by atoms with E-state index in [1.54, 1.807) is 31.4 Å². The predicted molar refractivity (Wildman–Crippen MR) is 92.4 cm³/mol. The molecular formula is C18H18N4O3. The quantitative estimate of drug-likeness (QED) is 0.720. The Labute approximate surface area is 144 Å². The van der Waals surface area contributed by atoms with Gasteiger partial charge in [0.2, 0.25) is 5.82 Å². The van der Waals surface area contributed by atoms with Gasteiger partial charge in [-0.25, -0.2) is 9.67 Å². The van der Waals surface area contributed by atoms with E-state index >= 15 is 0 Å². The smallest absolute Gasteiger partial charge is 0.295 e.